The van der Waals surface area contributed by atoms with Crippen LogP contribution in [-0.2, 0) is 9.59 Å². The third kappa shape index (κ3) is 5.21. The zero-order chi connectivity index (χ0) is 19.3. The predicted molar refractivity (Wildman–Crippen MR) is 102 cm³/mol. The van der Waals surface area contributed by atoms with Crippen molar-refractivity contribution >= 4 is 29.2 Å². The van der Waals surface area contributed by atoms with Crippen molar-refractivity contribution < 1.29 is 14.4 Å². The molecule has 0 unspecified atom stereocenters. The summed E-state index contributed by atoms with van der Waals surface area (Å²) >= 11 is 0. The number of piperidine rings is 1. The van der Waals surface area contributed by atoms with Gasteiger partial charge in [0, 0.05) is 42.8 Å². The lowest BCUT2D eigenvalue weighted by molar-refractivity contribution is -0.142. The van der Waals surface area contributed by atoms with Crippen molar-refractivity contribution in [2.24, 2.45) is 11.3 Å². The zero-order valence-corrected chi connectivity index (χ0v) is 15.9. The predicted octanol–water partition coefficient (Wildman–Crippen LogP) is 2.66. The van der Waals surface area contributed by atoms with Crippen LogP contribution in [0.2, 0.25) is 0 Å². The van der Waals surface area contributed by atoms with Gasteiger partial charge in [-0.3, -0.25) is 9.59 Å². The van der Waals surface area contributed by atoms with Crippen molar-refractivity contribution in [3.63, 3.8) is 0 Å². The molecule has 0 saturated carbocycles. The summed E-state index contributed by atoms with van der Waals surface area (Å²) in [5.74, 6) is 0.0121. The number of urea groups is 1. The van der Waals surface area contributed by atoms with Crippen molar-refractivity contribution in [2.75, 3.05) is 30.8 Å². The molecule has 7 nitrogen and oxygen atoms in total. The monoisotopic (exact) mass is 360 g/mol. The Morgan fingerprint density at radius 1 is 0.962 bits per heavy atom. The smallest absolute Gasteiger partial charge is 0.318 e. The Kier molecular flexibility index (Phi) is 6.23. The van der Waals surface area contributed by atoms with Gasteiger partial charge in [-0.25, -0.2) is 4.79 Å². The summed E-state index contributed by atoms with van der Waals surface area (Å²) in [6, 6.07) is 6.67. The summed E-state index contributed by atoms with van der Waals surface area (Å²) in [5.41, 5.74) is 0.946. The Bertz CT molecular complexity index is 656. The van der Waals surface area contributed by atoms with Crippen LogP contribution in [0.3, 0.4) is 0 Å². The van der Waals surface area contributed by atoms with Crippen LogP contribution in [0.15, 0.2) is 24.3 Å². The molecule has 0 aromatic heterocycles. The highest BCUT2D eigenvalue weighted by Crippen LogP contribution is 2.24. The molecule has 7 heteroatoms. The number of nitrogens with one attached hydrogen (secondary N) is 3. The normalized spacial score (nSPS) is 15.3. The maximum Gasteiger partial charge on any atom is 0.318 e. The van der Waals surface area contributed by atoms with Crippen LogP contribution < -0.4 is 16.0 Å². The Morgan fingerprint density at radius 2 is 1.46 bits per heavy atom. The van der Waals surface area contributed by atoms with Gasteiger partial charge in [-0.15, -0.1) is 0 Å². The van der Waals surface area contributed by atoms with E-state index in [9.17, 15) is 14.4 Å². The molecular weight excluding hydrogens is 332 g/mol. The van der Waals surface area contributed by atoms with E-state index in [0.717, 1.165) is 0 Å². The van der Waals surface area contributed by atoms with Crippen molar-refractivity contribution in [1.82, 2.24) is 10.2 Å². The molecule has 0 bridgehead atoms. The van der Waals surface area contributed by atoms with Crippen LogP contribution in [0, 0.1) is 11.3 Å². The highest BCUT2D eigenvalue weighted by Gasteiger charge is 2.32. The molecule has 0 atom stereocenters. The van der Waals surface area contributed by atoms with E-state index >= 15 is 0 Å². The van der Waals surface area contributed by atoms with Crippen LogP contribution in [0.4, 0.5) is 16.2 Å². The Hall–Kier alpha value is -2.57. The molecule has 0 aliphatic carbocycles. The van der Waals surface area contributed by atoms with E-state index in [1.165, 1.54) is 0 Å². The highest BCUT2D eigenvalue weighted by atomic mass is 16.2. The summed E-state index contributed by atoms with van der Waals surface area (Å²) in [6.07, 6.45) is 1.34. The topological polar surface area (TPSA) is 90.5 Å². The van der Waals surface area contributed by atoms with E-state index < -0.39 is 0 Å². The van der Waals surface area contributed by atoms with Crippen molar-refractivity contribution in [2.45, 2.75) is 33.6 Å². The molecule has 1 heterocycles. The fourth-order valence-corrected chi connectivity index (χ4v) is 2.89. The first-order chi connectivity index (χ1) is 12.2. The van der Waals surface area contributed by atoms with Gasteiger partial charge in [-0.2, -0.15) is 0 Å². The first kappa shape index (κ1) is 19.8. The number of hydrogen-bond acceptors (Lipinski definition) is 3. The Balaban J connectivity index is 1.85. The summed E-state index contributed by atoms with van der Waals surface area (Å²) in [7, 11) is 1.55. The van der Waals surface area contributed by atoms with Crippen LogP contribution >= 0.6 is 0 Å². The molecule has 0 spiro atoms. The Labute approximate surface area is 154 Å². The second-order valence-electron chi connectivity index (χ2n) is 7.59. The van der Waals surface area contributed by atoms with E-state index in [-0.39, 0.29) is 29.2 Å². The molecule has 1 fully saturated rings. The minimum atomic E-state index is -0.389. The number of amides is 4. The second-order valence-corrected chi connectivity index (χ2v) is 7.59. The van der Waals surface area contributed by atoms with E-state index in [2.05, 4.69) is 16.0 Å². The van der Waals surface area contributed by atoms with Gasteiger partial charge in [-0.1, -0.05) is 20.8 Å². The summed E-state index contributed by atoms with van der Waals surface area (Å²) in [5, 5.41) is 8.05. The number of nitrogens with zero attached hydrogens (tertiary/aromatic N) is 1. The number of likely N-dealkylation sites (tertiary alicyclic amines) is 1. The molecule has 26 heavy (non-hydrogen) atoms. The standard InChI is InChI=1S/C19H28N4O3/c1-19(2,3)17(25)23-11-9-13(10-12-23)16(24)21-14-5-7-15(8-6-14)22-18(26)20-4/h5-8,13H,9-12H2,1-4H3,(H,21,24)(H2,20,22,26). The average Bonchev–Trinajstić information content (AvgIpc) is 2.62. The lowest BCUT2D eigenvalue weighted by atomic mass is 9.90. The van der Waals surface area contributed by atoms with Crippen LogP contribution in [0.5, 0.6) is 0 Å². The summed E-state index contributed by atoms with van der Waals surface area (Å²) < 4.78 is 0. The van der Waals surface area contributed by atoms with Gasteiger partial charge in [0.05, 0.1) is 0 Å². The third-order valence-electron chi connectivity index (χ3n) is 4.43. The molecule has 1 aliphatic rings. The summed E-state index contributed by atoms with van der Waals surface area (Å²) in [4.78, 5) is 37.9. The molecule has 4 amide bonds. The fraction of sp³-hybridized carbons (Fsp3) is 0.526. The van der Waals surface area contributed by atoms with Crippen LogP contribution in [0.25, 0.3) is 0 Å². The zero-order valence-electron chi connectivity index (χ0n) is 15.9. The van der Waals surface area contributed by atoms with Gasteiger partial charge in [0.2, 0.25) is 11.8 Å². The largest absolute Gasteiger partial charge is 0.342 e. The number of carbonyl (C=O) groups is 3. The minimum Gasteiger partial charge on any atom is -0.342 e. The van der Waals surface area contributed by atoms with Gasteiger partial charge in [0.25, 0.3) is 0 Å². The molecular formula is C19H28N4O3. The van der Waals surface area contributed by atoms with Crippen molar-refractivity contribution in [3.8, 4) is 0 Å². The summed E-state index contributed by atoms with van der Waals surface area (Å²) in [6.45, 7) is 6.97. The van der Waals surface area contributed by atoms with E-state index in [1.54, 1.807) is 31.3 Å². The van der Waals surface area contributed by atoms with Gasteiger partial charge in [0.15, 0.2) is 0 Å². The first-order valence-corrected chi connectivity index (χ1v) is 8.89. The fourth-order valence-electron chi connectivity index (χ4n) is 2.89. The van der Waals surface area contributed by atoms with Crippen LogP contribution in [-0.4, -0.2) is 42.9 Å². The molecule has 142 valence electrons. The van der Waals surface area contributed by atoms with Gasteiger partial charge >= 0.3 is 6.03 Å². The number of carbonyl (C=O) groups excluding carboxylic acids is 3. The number of rotatable bonds is 3. The maximum absolute atomic E-state index is 12.5. The van der Waals surface area contributed by atoms with E-state index in [1.807, 2.05) is 25.7 Å². The SMILES string of the molecule is CNC(=O)Nc1ccc(NC(=O)C2CCN(C(=O)C(C)(C)C)CC2)cc1. The molecule has 3 N–H and O–H groups in total. The minimum absolute atomic E-state index is 0.0279. The average molecular weight is 360 g/mol. The number of benzene rings is 1. The van der Waals surface area contributed by atoms with Crippen molar-refractivity contribution in [1.29, 1.82) is 0 Å². The quantitative estimate of drug-likeness (QED) is 0.774. The molecule has 1 saturated heterocycles. The van der Waals surface area contributed by atoms with Gasteiger partial charge in [-0.05, 0) is 37.1 Å². The van der Waals surface area contributed by atoms with E-state index in [0.29, 0.717) is 37.3 Å². The molecule has 1 aliphatic heterocycles. The molecule has 0 radical (unpaired) electrons. The highest BCUT2D eigenvalue weighted by molar-refractivity contribution is 5.93. The second kappa shape index (κ2) is 8.21. The van der Waals surface area contributed by atoms with Crippen LogP contribution in [0.1, 0.15) is 33.6 Å². The molecule has 1 aromatic rings. The number of anilines is 2. The van der Waals surface area contributed by atoms with Gasteiger partial charge in [0.1, 0.15) is 0 Å². The molecule has 1 aromatic carbocycles. The third-order valence-corrected chi connectivity index (χ3v) is 4.43. The molecule has 2 rings (SSSR count). The van der Waals surface area contributed by atoms with Gasteiger partial charge < -0.3 is 20.9 Å². The first-order valence-electron chi connectivity index (χ1n) is 8.89. The van der Waals surface area contributed by atoms with Crippen molar-refractivity contribution in [3.05, 3.63) is 24.3 Å². The number of hydrogen-bond donors (Lipinski definition) is 3. The Morgan fingerprint density at radius 3 is 1.92 bits per heavy atom. The lowest BCUT2D eigenvalue weighted by Crippen LogP contribution is -2.45. The van der Waals surface area contributed by atoms with E-state index in [4.69, 9.17) is 0 Å². The lowest BCUT2D eigenvalue weighted by Gasteiger charge is -2.35. The maximum atomic E-state index is 12.5.